The Bertz CT molecular complexity index is 713. The molecule has 3 atom stereocenters. The van der Waals surface area contributed by atoms with Gasteiger partial charge in [-0.05, 0) is 36.8 Å². The van der Waals surface area contributed by atoms with E-state index in [0.717, 1.165) is 25.3 Å². The molecular weight excluding hydrogens is 461 g/mol. The SMILES string of the molecule is CN=C(NCCC(c1ccccc1)c1ccccc1)NC1CC2CCC1O2.I. The van der Waals surface area contributed by atoms with Gasteiger partial charge in [-0.15, -0.1) is 24.0 Å². The van der Waals surface area contributed by atoms with E-state index >= 15 is 0 Å². The van der Waals surface area contributed by atoms with Crippen molar-refractivity contribution in [3.05, 3.63) is 71.8 Å². The molecule has 2 aromatic carbocycles. The van der Waals surface area contributed by atoms with Crippen LogP contribution in [0, 0.1) is 0 Å². The lowest BCUT2D eigenvalue weighted by Crippen LogP contribution is -2.47. The number of nitrogens with one attached hydrogen (secondary N) is 2. The van der Waals surface area contributed by atoms with Crippen molar-refractivity contribution in [3.8, 4) is 0 Å². The van der Waals surface area contributed by atoms with Crippen molar-refractivity contribution < 1.29 is 4.74 Å². The maximum atomic E-state index is 5.94. The van der Waals surface area contributed by atoms with Crippen molar-refractivity contribution >= 4 is 29.9 Å². The van der Waals surface area contributed by atoms with E-state index in [4.69, 9.17) is 4.74 Å². The second-order valence-electron chi connectivity index (χ2n) is 7.52. The van der Waals surface area contributed by atoms with Crippen LogP contribution in [0.1, 0.15) is 42.7 Å². The summed E-state index contributed by atoms with van der Waals surface area (Å²) in [6.07, 6.45) is 5.30. The highest BCUT2D eigenvalue weighted by molar-refractivity contribution is 14.0. The minimum absolute atomic E-state index is 0. The molecule has 3 unspecified atom stereocenters. The fraction of sp³-hybridized carbons (Fsp3) is 0.435. The predicted octanol–water partition coefficient (Wildman–Crippen LogP) is 4.31. The molecule has 5 heteroatoms. The van der Waals surface area contributed by atoms with Crippen molar-refractivity contribution in [2.45, 2.75) is 49.9 Å². The number of halogens is 1. The van der Waals surface area contributed by atoms with E-state index in [0.29, 0.717) is 24.2 Å². The molecule has 2 heterocycles. The summed E-state index contributed by atoms with van der Waals surface area (Å²) in [7, 11) is 1.84. The quantitative estimate of drug-likeness (QED) is 0.360. The predicted molar refractivity (Wildman–Crippen MR) is 126 cm³/mol. The largest absolute Gasteiger partial charge is 0.373 e. The van der Waals surface area contributed by atoms with Gasteiger partial charge in [-0.1, -0.05) is 60.7 Å². The van der Waals surface area contributed by atoms with Gasteiger partial charge in [-0.2, -0.15) is 0 Å². The molecule has 2 aliphatic rings. The maximum absolute atomic E-state index is 5.94. The molecule has 0 aromatic heterocycles. The number of benzene rings is 2. The van der Waals surface area contributed by atoms with Crippen LogP contribution in [0.2, 0.25) is 0 Å². The van der Waals surface area contributed by atoms with Gasteiger partial charge in [-0.25, -0.2) is 0 Å². The molecule has 0 amide bonds. The molecule has 2 saturated heterocycles. The molecule has 2 N–H and O–H groups in total. The number of rotatable bonds is 6. The Morgan fingerprint density at radius 2 is 1.68 bits per heavy atom. The molecule has 0 saturated carbocycles. The van der Waals surface area contributed by atoms with Crippen LogP contribution < -0.4 is 10.6 Å². The van der Waals surface area contributed by atoms with Gasteiger partial charge in [0.05, 0.1) is 18.2 Å². The normalized spacial score (nSPS) is 23.5. The van der Waals surface area contributed by atoms with Crippen LogP contribution >= 0.6 is 24.0 Å². The van der Waals surface area contributed by atoms with Gasteiger partial charge in [0.25, 0.3) is 0 Å². The van der Waals surface area contributed by atoms with Crippen LogP contribution in [-0.2, 0) is 4.74 Å². The summed E-state index contributed by atoms with van der Waals surface area (Å²) < 4.78 is 5.94. The van der Waals surface area contributed by atoms with Crippen molar-refractivity contribution in [2.75, 3.05) is 13.6 Å². The van der Waals surface area contributed by atoms with Crippen LogP contribution in [0.15, 0.2) is 65.7 Å². The highest BCUT2D eigenvalue weighted by Crippen LogP contribution is 2.34. The third kappa shape index (κ3) is 5.06. The topological polar surface area (TPSA) is 45.7 Å². The van der Waals surface area contributed by atoms with E-state index in [9.17, 15) is 0 Å². The number of hydrogen-bond donors (Lipinski definition) is 2. The van der Waals surface area contributed by atoms with E-state index in [-0.39, 0.29) is 24.0 Å². The minimum Gasteiger partial charge on any atom is -0.373 e. The van der Waals surface area contributed by atoms with Gasteiger partial charge in [0.15, 0.2) is 5.96 Å². The average Bonchev–Trinajstić information content (AvgIpc) is 3.35. The molecule has 4 rings (SSSR count). The zero-order valence-electron chi connectivity index (χ0n) is 16.4. The van der Waals surface area contributed by atoms with Gasteiger partial charge in [0.2, 0.25) is 0 Å². The van der Waals surface area contributed by atoms with Crippen molar-refractivity contribution in [1.82, 2.24) is 10.6 Å². The average molecular weight is 491 g/mol. The monoisotopic (exact) mass is 491 g/mol. The summed E-state index contributed by atoms with van der Waals surface area (Å²) in [5.41, 5.74) is 2.71. The lowest BCUT2D eigenvalue weighted by atomic mass is 9.88. The third-order valence-electron chi connectivity index (χ3n) is 5.78. The van der Waals surface area contributed by atoms with E-state index < -0.39 is 0 Å². The molecule has 0 aliphatic carbocycles. The van der Waals surface area contributed by atoms with Crippen molar-refractivity contribution in [2.24, 2.45) is 4.99 Å². The summed E-state index contributed by atoms with van der Waals surface area (Å²) >= 11 is 0. The van der Waals surface area contributed by atoms with Gasteiger partial charge in [-0.3, -0.25) is 4.99 Å². The molecule has 150 valence electrons. The van der Waals surface area contributed by atoms with E-state index in [2.05, 4.69) is 76.3 Å². The van der Waals surface area contributed by atoms with Crippen LogP contribution in [0.5, 0.6) is 0 Å². The Morgan fingerprint density at radius 3 is 2.18 bits per heavy atom. The van der Waals surface area contributed by atoms with Gasteiger partial charge < -0.3 is 15.4 Å². The number of nitrogens with zero attached hydrogens (tertiary/aromatic N) is 1. The number of aliphatic imine (C=N–C) groups is 1. The molecule has 0 radical (unpaired) electrons. The number of fused-ring (bicyclic) bond motifs is 2. The highest BCUT2D eigenvalue weighted by atomic mass is 127. The van der Waals surface area contributed by atoms with Crippen LogP contribution in [-0.4, -0.2) is 37.8 Å². The van der Waals surface area contributed by atoms with Crippen molar-refractivity contribution in [3.63, 3.8) is 0 Å². The molecular formula is C23H30IN3O. The lowest BCUT2D eigenvalue weighted by Gasteiger charge is -2.24. The highest BCUT2D eigenvalue weighted by Gasteiger charge is 2.41. The third-order valence-corrected chi connectivity index (χ3v) is 5.78. The lowest BCUT2D eigenvalue weighted by molar-refractivity contribution is 0.0992. The Morgan fingerprint density at radius 1 is 1.04 bits per heavy atom. The van der Waals surface area contributed by atoms with Gasteiger partial charge in [0.1, 0.15) is 0 Å². The molecule has 2 fully saturated rings. The number of ether oxygens (including phenoxy) is 1. The van der Waals surface area contributed by atoms with Crippen LogP contribution in [0.4, 0.5) is 0 Å². The van der Waals surface area contributed by atoms with Crippen LogP contribution in [0.3, 0.4) is 0 Å². The summed E-state index contributed by atoms with van der Waals surface area (Å²) in [6.45, 7) is 0.871. The second-order valence-corrected chi connectivity index (χ2v) is 7.52. The first-order chi connectivity index (χ1) is 13.3. The molecule has 2 bridgehead atoms. The Hall–Kier alpha value is -1.60. The van der Waals surface area contributed by atoms with Crippen LogP contribution in [0.25, 0.3) is 0 Å². The fourth-order valence-corrected chi connectivity index (χ4v) is 4.39. The summed E-state index contributed by atoms with van der Waals surface area (Å²) in [6, 6.07) is 21.9. The number of hydrogen-bond acceptors (Lipinski definition) is 2. The first kappa shape index (κ1) is 21.1. The van der Waals surface area contributed by atoms with Crippen molar-refractivity contribution in [1.29, 1.82) is 0 Å². The standard InChI is InChI=1S/C23H29N3O.HI/c1-24-23(26-21-16-19-12-13-22(21)27-19)25-15-14-20(17-8-4-2-5-9-17)18-10-6-3-7-11-18;/h2-11,19-22H,12-16H2,1H3,(H2,24,25,26);1H. The molecule has 0 spiro atoms. The van der Waals surface area contributed by atoms with E-state index in [1.807, 2.05) is 7.05 Å². The first-order valence-electron chi connectivity index (χ1n) is 10.1. The number of guanidine groups is 1. The molecule has 2 aromatic rings. The Labute approximate surface area is 185 Å². The zero-order chi connectivity index (χ0) is 18.5. The molecule has 2 aliphatic heterocycles. The second kappa shape index (κ2) is 10.3. The van der Waals surface area contributed by atoms with Gasteiger partial charge in [0, 0.05) is 19.5 Å². The Balaban J connectivity index is 0.00000225. The summed E-state index contributed by atoms with van der Waals surface area (Å²) in [5.74, 6) is 1.26. The Kier molecular flexibility index (Phi) is 7.73. The van der Waals surface area contributed by atoms with E-state index in [1.165, 1.54) is 24.0 Å². The zero-order valence-corrected chi connectivity index (χ0v) is 18.7. The molecule has 4 nitrogen and oxygen atoms in total. The minimum atomic E-state index is 0. The molecule has 28 heavy (non-hydrogen) atoms. The summed E-state index contributed by atoms with van der Waals surface area (Å²) in [4.78, 5) is 4.42. The smallest absolute Gasteiger partial charge is 0.191 e. The fourth-order valence-electron chi connectivity index (χ4n) is 4.39. The first-order valence-corrected chi connectivity index (χ1v) is 10.1. The van der Waals surface area contributed by atoms with Gasteiger partial charge >= 0.3 is 0 Å². The maximum Gasteiger partial charge on any atom is 0.191 e. The summed E-state index contributed by atoms with van der Waals surface area (Å²) in [5, 5.41) is 7.07. The van der Waals surface area contributed by atoms with E-state index in [1.54, 1.807) is 0 Å².